The lowest BCUT2D eigenvalue weighted by atomic mass is 10.2. The summed E-state index contributed by atoms with van der Waals surface area (Å²) in [4.78, 5) is 0. The van der Waals surface area contributed by atoms with E-state index in [1.165, 1.54) is 0 Å². The first kappa shape index (κ1) is 9.50. The molecule has 2 nitrogen and oxygen atoms in total. The van der Waals surface area contributed by atoms with Crippen molar-refractivity contribution in [1.29, 1.82) is 5.26 Å². The molecule has 0 saturated carbocycles. The highest BCUT2D eigenvalue weighted by Gasteiger charge is 2.09. The number of nitriles is 1. The highest BCUT2D eigenvalue weighted by molar-refractivity contribution is 9.11. The third-order valence-corrected chi connectivity index (χ3v) is 3.81. The van der Waals surface area contributed by atoms with E-state index in [1.54, 1.807) is 18.4 Å². The Hall–Kier alpha value is -1.05. The zero-order valence-electron chi connectivity index (χ0n) is 7.37. The number of halogens is 1. The molecule has 1 aromatic heterocycles. The van der Waals surface area contributed by atoms with Gasteiger partial charge in [0.1, 0.15) is 11.8 Å². The van der Waals surface area contributed by atoms with Gasteiger partial charge in [-0.3, -0.25) is 0 Å². The average molecular weight is 268 g/mol. The number of thiophene rings is 1. The number of nitrogens with zero attached hydrogens (tertiary/aromatic N) is 1. The Bertz CT molecular complexity index is 527. The molecule has 14 heavy (non-hydrogen) atoms. The summed E-state index contributed by atoms with van der Waals surface area (Å²) in [5.74, 6) is 0.777. The fourth-order valence-electron chi connectivity index (χ4n) is 1.28. The summed E-state index contributed by atoms with van der Waals surface area (Å²) in [6.45, 7) is 0. The van der Waals surface area contributed by atoms with Gasteiger partial charge in [-0.25, -0.2) is 0 Å². The monoisotopic (exact) mass is 267 g/mol. The average Bonchev–Trinajstić information content (AvgIpc) is 2.52. The molecule has 0 bridgehead atoms. The number of benzene rings is 1. The van der Waals surface area contributed by atoms with Crippen LogP contribution in [-0.2, 0) is 0 Å². The van der Waals surface area contributed by atoms with Gasteiger partial charge in [0.25, 0.3) is 0 Å². The van der Waals surface area contributed by atoms with E-state index in [-0.39, 0.29) is 0 Å². The zero-order valence-corrected chi connectivity index (χ0v) is 9.78. The maximum Gasteiger partial charge on any atom is 0.119 e. The Labute approximate surface area is 93.9 Å². The summed E-state index contributed by atoms with van der Waals surface area (Å²) < 4.78 is 7.08. The van der Waals surface area contributed by atoms with Crippen LogP contribution in [0.3, 0.4) is 0 Å². The standard InChI is InChI=1S/C10H6BrNOS/c1-13-6-2-3-9-7(4-6)8(5-12)10(11)14-9/h2-4H,1H3. The van der Waals surface area contributed by atoms with Crippen LogP contribution in [0.4, 0.5) is 0 Å². The fraction of sp³-hybridized carbons (Fsp3) is 0.100. The van der Waals surface area contributed by atoms with Crippen molar-refractivity contribution in [2.45, 2.75) is 0 Å². The molecule has 0 unspecified atom stereocenters. The first-order valence-corrected chi connectivity index (χ1v) is 5.53. The van der Waals surface area contributed by atoms with E-state index in [0.717, 1.165) is 19.6 Å². The number of fused-ring (bicyclic) bond motifs is 1. The lowest BCUT2D eigenvalue weighted by Crippen LogP contribution is -1.81. The largest absolute Gasteiger partial charge is 0.497 e. The van der Waals surface area contributed by atoms with Crippen molar-refractivity contribution in [3.8, 4) is 11.8 Å². The van der Waals surface area contributed by atoms with Crippen molar-refractivity contribution in [1.82, 2.24) is 0 Å². The van der Waals surface area contributed by atoms with Crippen LogP contribution in [-0.4, -0.2) is 7.11 Å². The smallest absolute Gasteiger partial charge is 0.119 e. The first-order chi connectivity index (χ1) is 6.76. The molecule has 70 valence electrons. The lowest BCUT2D eigenvalue weighted by Gasteiger charge is -1.98. The van der Waals surface area contributed by atoms with E-state index in [2.05, 4.69) is 22.0 Å². The van der Waals surface area contributed by atoms with Crippen molar-refractivity contribution in [2.75, 3.05) is 7.11 Å². The molecule has 0 saturated heterocycles. The summed E-state index contributed by atoms with van der Waals surface area (Å²) in [6, 6.07) is 7.92. The van der Waals surface area contributed by atoms with Gasteiger partial charge in [0.2, 0.25) is 0 Å². The minimum atomic E-state index is 0.684. The summed E-state index contributed by atoms with van der Waals surface area (Å²) in [6.07, 6.45) is 0. The van der Waals surface area contributed by atoms with E-state index in [0.29, 0.717) is 5.56 Å². The van der Waals surface area contributed by atoms with Crippen LogP contribution in [0.25, 0.3) is 10.1 Å². The zero-order chi connectivity index (χ0) is 10.1. The highest BCUT2D eigenvalue weighted by atomic mass is 79.9. The van der Waals surface area contributed by atoms with Crippen molar-refractivity contribution in [3.05, 3.63) is 27.5 Å². The van der Waals surface area contributed by atoms with Gasteiger partial charge in [0, 0.05) is 10.1 Å². The molecule has 0 amide bonds. The molecular weight excluding hydrogens is 262 g/mol. The van der Waals surface area contributed by atoms with Gasteiger partial charge >= 0.3 is 0 Å². The summed E-state index contributed by atoms with van der Waals surface area (Å²) in [7, 11) is 1.62. The Morgan fingerprint density at radius 2 is 2.29 bits per heavy atom. The maximum absolute atomic E-state index is 8.95. The molecule has 0 spiro atoms. The van der Waals surface area contributed by atoms with Gasteiger partial charge < -0.3 is 4.74 Å². The van der Waals surface area contributed by atoms with Gasteiger partial charge in [-0.05, 0) is 34.1 Å². The SMILES string of the molecule is COc1ccc2sc(Br)c(C#N)c2c1. The molecular formula is C10H6BrNOS. The van der Waals surface area contributed by atoms with Crippen LogP contribution < -0.4 is 4.74 Å². The molecule has 2 rings (SSSR count). The molecule has 1 heterocycles. The summed E-state index contributed by atoms with van der Waals surface area (Å²) in [5, 5.41) is 9.90. The normalized spacial score (nSPS) is 10.1. The second-order valence-corrected chi connectivity index (χ2v) is 5.09. The predicted molar refractivity (Wildman–Crippen MR) is 60.8 cm³/mol. The highest BCUT2D eigenvalue weighted by Crippen LogP contribution is 2.36. The molecule has 0 aliphatic heterocycles. The molecule has 0 aliphatic carbocycles. The summed E-state index contributed by atoms with van der Waals surface area (Å²) >= 11 is 4.93. The number of ether oxygens (including phenoxy) is 1. The van der Waals surface area contributed by atoms with E-state index in [4.69, 9.17) is 10.00 Å². The molecule has 0 radical (unpaired) electrons. The molecule has 0 atom stereocenters. The predicted octanol–water partition coefficient (Wildman–Crippen LogP) is 3.54. The van der Waals surface area contributed by atoms with Crippen molar-refractivity contribution in [2.24, 2.45) is 0 Å². The van der Waals surface area contributed by atoms with E-state index in [1.807, 2.05) is 18.2 Å². The lowest BCUT2D eigenvalue weighted by molar-refractivity contribution is 0.415. The van der Waals surface area contributed by atoms with Gasteiger partial charge in [0.15, 0.2) is 0 Å². The fourth-order valence-corrected chi connectivity index (χ4v) is 2.96. The minimum absolute atomic E-state index is 0.684. The molecule has 0 aliphatic rings. The topological polar surface area (TPSA) is 33.0 Å². The van der Waals surface area contributed by atoms with Crippen LogP contribution in [0.15, 0.2) is 22.0 Å². The second-order valence-electron chi connectivity index (χ2n) is 2.72. The Kier molecular flexibility index (Phi) is 2.44. The maximum atomic E-state index is 8.95. The van der Waals surface area contributed by atoms with Gasteiger partial charge in [-0.2, -0.15) is 5.26 Å². The minimum Gasteiger partial charge on any atom is -0.497 e. The second kappa shape index (κ2) is 3.60. The molecule has 4 heteroatoms. The Morgan fingerprint density at radius 1 is 1.50 bits per heavy atom. The summed E-state index contributed by atoms with van der Waals surface area (Å²) in [5.41, 5.74) is 0.684. The van der Waals surface area contributed by atoms with Crippen LogP contribution in [0.5, 0.6) is 5.75 Å². The van der Waals surface area contributed by atoms with Crippen molar-refractivity contribution < 1.29 is 4.74 Å². The molecule has 0 fully saturated rings. The molecule has 1 aromatic carbocycles. The van der Waals surface area contributed by atoms with Crippen LogP contribution in [0, 0.1) is 11.3 Å². The number of hydrogen-bond acceptors (Lipinski definition) is 3. The van der Waals surface area contributed by atoms with Gasteiger partial charge in [-0.15, -0.1) is 11.3 Å². The van der Waals surface area contributed by atoms with E-state index in [9.17, 15) is 0 Å². The third-order valence-electron chi connectivity index (χ3n) is 1.96. The van der Waals surface area contributed by atoms with Crippen LogP contribution in [0.2, 0.25) is 0 Å². The first-order valence-electron chi connectivity index (χ1n) is 3.92. The third kappa shape index (κ3) is 1.39. The van der Waals surface area contributed by atoms with E-state index < -0.39 is 0 Å². The van der Waals surface area contributed by atoms with Gasteiger partial charge in [-0.1, -0.05) is 0 Å². The van der Waals surface area contributed by atoms with Crippen molar-refractivity contribution in [3.63, 3.8) is 0 Å². The number of hydrogen-bond donors (Lipinski definition) is 0. The Balaban J connectivity index is 2.79. The molecule has 0 N–H and O–H groups in total. The van der Waals surface area contributed by atoms with Crippen molar-refractivity contribution >= 4 is 37.4 Å². The van der Waals surface area contributed by atoms with Crippen LogP contribution in [0.1, 0.15) is 5.56 Å². The molecule has 2 aromatic rings. The number of methoxy groups -OCH3 is 1. The quantitative estimate of drug-likeness (QED) is 0.792. The Morgan fingerprint density at radius 3 is 2.93 bits per heavy atom. The van der Waals surface area contributed by atoms with Gasteiger partial charge in [0.05, 0.1) is 16.5 Å². The van der Waals surface area contributed by atoms with Crippen LogP contribution >= 0.6 is 27.3 Å². The number of rotatable bonds is 1. The van der Waals surface area contributed by atoms with E-state index >= 15 is 0 Å².